The van der Waals surface area contributed by atoms with E-state index >= 15 is 0 Å². The molecule has 96 valence electrons. The topological polar surface area (TPSA) is 39.1 Å². The fourth-order valence-electron chi connectivity index (χ4n) is 1.73. The van der Waals surface area contributed by atoms with Crippen molar-refractivity contribution < 1.29 is 4.74 Å². The third kappa shape index (κ3) is 2.76. The Kier molecular flexibility index (Phi) is 3.77. The number of hydrogen-bond acceptors (Lipinski definition) is 3. The van der Waals surface area contributed by atoms with Crippen molar-refractivity contribution >= 4 is 17.3 Å². The van der Waals surface area contributed by atoms with Crippen molar-refractivity contribution in [3.8, 4) is 5.75 Å². The highest BCUT2D eigenvalue weighted by Crippen LogP contribution is 2.31. The Morgan fingerprint density at radius 1 is 1.44 bits per heavy atom. The number of halogens is 1. The molecule has 0 aliphatic rings. The van der Waals surface area contributed by atoms with E-state index in [0.29, 0.717) is 11.6 Å². The molecule has 0 saturated carbocycles. The second-order valence-corrected chi connectivity index (χ2v) is 4.58. The van der Waals surface area contributed by atoms with Crippen LogP contribution in [0.3, 0.4) is 0 Å². The van der Waals surface area contributed by atoms with Crippen LogP contribution in [0.2, 0.25) is 5.02 Å². The maximum atomic E-state index is 6.06. The minimum Gasteiger partial charge on any atom is -0.495 e. The van der Waals surface area contributed by atoms with Crippen molar-refractivity contribution in [2.75, 3.05) is 12.4 Å². The molecule has 1 heterocycles. The molecule has 0 atom stereocenters. The Bertz CT molecular complexity index is 551. The largest absolute Gasteiger partial charge is 0.495 e. The van der Waals surface area contributed by atoms with Crippen molar-refractivity contribution in [3.63, 3.8) is 0 Å². The average molecular weight is 266 g/mol. The van der Waals surface area contributed by atoms with Crippen molar-refractivity contribution in [1.29, 1.82) is 0 Å². The van der Waals surface area contributed by atoms with Gasteiger partial charge in [-0.25, -0.2) is 0 Å². The van der Waals surface area contributed by atoms with Gasteiger partial charge in [-0.1, -0.05) is 11.6 Å². The maximum Gasteiger partial charge on any atom is 0.143 e. The van der Waals surface area contributed by atoms with Gasteiger partial charge in [-0.15, -0.1) is 0 Å². The molecule has 0 amide bonds. The minimum absolute atomic E-state index is 0.700. The number of aryl methyl sites for hydroxylation is 2. The number of anilines is 1. The van der Waals surface area contributed by atoms with E-state index in [9.17, 15) is 0 Å². The summed E-state index contributed by atoms with van der Waals surface area (Å²) in [4.78, 5) is 0. The third-order valence-corrected chi connectivity index (χ3v) is 3.13. The summed E-state index contributed by atoms with van der Waals surface area (Å²) in [6.45, 7) is 2.67. The number of nitrogens with zero attached hydrogens (tertiary/aromatic N) is 2. The van der Waals surface area contributed by atoms with Crippen molar-refractivity contribution in [2.24, 2.45) is 7.05 Å². The Balaban J connectivity index is 2.15. The highest BCUT2D eigenvalue weighted by molar-refractivity contribution is 6.31. The number of benzene rings is 1. The second-order valence-electron chi connectivity index (χ2n) is 4.18. The van der Waals surface area contributed by atoms with Crippen LogP contribution in [0.5, 0.6) is 5.75 Å². The van der Waals surface area contributed by atoms with Gasteiger partial charge in [0.2, 0.25) is 0 Å². The van der Waals surface area contributed by atoms with Gasteiger partial charge in [0.05, 0.1) is 19.0 Å². The van der Waals surface area contributed by atoms with Gasteiger partial charge in [0.1, 0.15) is 5.75 Å². The highest BCUT2D eigenvalue weighted by atomic mass is 35.5. The zero-order chi connectivity index (χ0) is 13.1. The first-order chi connectivity index (χ1) is 8.60. The molecule has 0 radical (unpaired) electrons. The predicted octanol–water partition coefficient (Wildman–Crippen LogP) is 3.00. The number of rotatable bonds is 4. The van der Waals surface area contributed by atoms with Crippen LogP contribution in [-0.2, 0) is 13.6 Å². The molecule has 0 saturated heterocycles. The average Bonchev–Trinajstić information content (AvgIpc) is 2.76. The lowest BCUT2D eigenvalue weighted by molar-refractivity contribution is 0.416. The summed E-state index contributed by atoms with van der Waals surface area (Å²) >= 11 is 6.06. The molecule has 4 nitrogen and oxygen atoms in total. The molecule has 5 heteroatoms. The Morgan fingerprint density at radius 3 is 2.83 bits per heavy atom. The van der Waals surface area contributed by atoms with Crippen molar-refractivity contribution in [1.82, 2.24) is 9.78 Å². The molecule has 2 aromatic rings. The van der Waals surface area contributed by atoms with Gasteiger partial charge in [-0.3, -0.25) is 4.68 Å². The molecule has 0 spiro atoms. The summed E-state index contributed by atoms with van der Waals surface area (Å²) in [5.41, 5.74) is 3.07. The summed E-state index contributed by atoms with van der Waals surface area (Å²) in [5, 5.41) is 8.16. The maximum absolute atomic E-state index is 6.06. The van der Waals surface area contributed by atoms with E-state index in [4.69, 9.17) is 16.3 Å². The minimum atomic E-state index is 0.700. The van der Waals surface area contributed by atoms with E-state index in [1.165, 1.54) is 0 Å². The van der Waals surface area contributed by atoms with Crippen LogP contribution in [-0.4, -0.2) is 16.9 Å². The molecule has 18 heavy (non-hydrogen) atoms. The summed E-state index contributed by atoms with van der Waals surface area (Å²) < 4.78 is 7.09. The van der Waals surface area contributed by atoms with Gasteiger partial charge in [0.25, 0.3) is 0 Å². The fourth-order valence-corrected chi connectivity index (χ4v) is 1.88. The Labute approximate surface area is 112 Å². The van der Waals surface area contributed by atoms with Crippen molar-refractivity contribution in [2.45, 2.75) is 13.5 Å². The molecular formula is C13H16ClN3O. The molecule has 0 aliphatic heterocycles. The van der Waals surface area contributed by atoms with Gasteiger partial charge >= 0.3 is 0 Å². The molecular weight excluding hydrogens is 250 g/mol. The van der Waals surface area contributed by atoms with Crippen LogP contribution < -0.4 is 10.1 Å². The lowest BCUT2D eigenvalue weighted by Crippen LogP contribution is -2.01. The van der Waals surface area contributed by atoms with Gasteiger partial charge in [-0.2, -0.15) is 5.10 Å². The summed E-state index contributed by atoms with van der Waals surface area (Å²) in [5.74, 6) is 0.745. The lowest BCUT2D eigenvalue weighted by Gasteiger charge is -2.12. The summed E-state index contributed by atoms with van der Waals surface area (Å²) in [6, 6.07) is 3.81. The van der Waals surface area contributed by atoms with E-state index < -0.39 is 0 Å². The molecule has 0 fully saturated rings. The predicted molar refractivity (Wildman–Crippen MR) is 73.3 cm³/mol. The second kappa shape index (κ2) is 5.31. The first kappa shape index (κ1) is 12.8. The van der Waals surface area contributed by atoms with Crippen LogP contribution in [0.1, 0.15) is 11.1 Å². The fraction of sp³-hybridized carbons (Fsp3) is 0.308. The molecule has 0 bridgehead atoms. The van der Waals surface area contributed by atoms with Gasteiger partial charge in [0.15, 0.2) is 0 Å². The monoisotopic (exact) mass is 265 g/mol. The first-order valence-corrected chi connectivity index (χ1v) is 6.03. The van der Waals surface area contributed by atoms with E-state index in [1.807, 2.05) is 38.5 Å². The molecule has 1 N–H and O–H groups in total. The number of ether oxygens (including phenoxy) is 1. The van der Waals surface area contributed by atoms with Crippen LogP contribution >= 0.6 is 11.6 Å². The number of hydrogen-bond donors (Lipinski definition) is 1. The van der Waals surface area contributed by atoms with Gasteiger partial charge in [0, 0.05) is 36.4 Å². The first-order valence-electron chi connectivity index (χ1n) is 5.65. The van der Waals surface area contributed by atoms with Gasteiger partial charge in [-0.05, 0) is 18.6 Å². The number of nitrogens with one attached hydrogen (secondary N) is 1. The SMILES string of the molecule is COc1cc(Cl)c(C)cc1NCc1cnn(C)c1. The van der Waals surface area contributed by atoms with E-state index in [1.54, 1.807) is 11.8 Å². The van der Waals surface area contributed by atoms with E-state index in [-0.39, 0.29) is 0 Å². The lowest BCUT2D eigenvalue weighted by atomic mass is 10.2. The van der Waals surface area contributed by atoms with E-state index in [0.717, 1.165) is 22.6 Å². The molecule has 0 aliphatic carbocycles. The normalized spacial score (nSPS) is 10.4. The van der Waals surface area contributed by atoms with Crippen LogP contribution in [0.15, 0.2) is 24.5 Å². The number of methoxy groups -OCH3 is 1. The Hall–Kier alpha value is -1.68. The zero-order valence-corrected chi connectivity index (χ0v) is 11.5. The molecule has 2 rings (SSSR count). The van der Waals surface area contributed by atoms with Gasteiger partial charge < -0.3 is 10.1 Å². The summed E-state index contributed by atoms with van der Waals surface area (Å²) in [6.07, 6.45) is 3.81. The molecule has 0 unspecified atom stereocenters. The van der Waals surface area contributed by atoms with E-state index in [2.05, 4.69) is 10.4 Å². The summed E-state index contributed by atoms with van der Waals surface area (Å²) in [7, 11) is 3.53. The number of aromatic nitrogens is 2. The van der Waals surface area contributed by atoms with Crippen LogP contribution in [0, 0.1) is 6.92 Å². The quantitative estimate of drug-likeness (QED) is 0.924. The third-order valence-electron chi connectivity index (χ3n) is 2.72. The molecule has 1 aromatic carbocycles. The Morgan fingerprint density at radius 2 is 2.22 bits per heavy atom. The van der Waals surface area contributed by atoms with Crippen LogP contribution in [0.4, 0.5) is 5.69 Å². The molecule has 1 aromatic heterocycles. The standard InChI is InChI=1S/C13H16ClN3O/c1-9-4-12(13(18-3)5-11(9)14)15-6-10-7-16-17(2)8-10/h4-5,7-8,15H,6H2,1-3H3. The highest BCUT2D eigenvalue weighted by Gasteiger charge is 2.07. The smallest absolute Gasteiger partial charge is 0.143 e. The van der Waals surface area contributed by atoms with Crippen LogP contribution in [0.25, 0.3) is 0 Å². The zero-order valence-electron chi connectivity index (χ0n) is 10.7. The van der Waals surface area contributed by atoms with Crippen molar-refractivity contribution in [3.05, 3.63) is 40.7 Å².